The standard InChI is InChI=1S/C20H24N2O3S/c1-21(2)17-12-13-22(14-17)20(23)18-10-6-7-11-19(18)26(24,25)15-16-8-4-3-5-9-16/h3-11,17H,12-15H2,1-2H3/t17-/m0/s1. The van der Waals surface area contributed by atoms with E-state index in [2.05, 4.69) is 4.90 Å². The van der Waals surface area contributed by atoms with Gasteiger partial charge in [0.15, 0.2) is 9.84 Å². The smallest absolute Gasteiger partial charge is 0.255 e. The Balaban J connectivity index is 1.87. The van der Waals surface area contributed by atoms with Crippen LogP contribution in [0.15, 0.2) is 59.5 Å². The fraction of sp³-hybridized carbons (Fsp3) is 0.350. The average molecular weight is 372 g/mol. The summed E-state index contributed by atoms with van der Waals surface area (Å²) in [5, 5.41) is 0. The molecule has 0 bridgehead atoms. The lowest BCUT2D eigenvalue weighted by atomic mass is 10.2. The van der Waals surface area contributed by atoms with E-state index in [1.165, 1.54) is 6.07 Å². The normalized spacial score (nSPS) is 17.7. The summed E-state index contributed by atoms with van der Waals surface area (Å²) in [5.74, 6) is -0.320. The van der Waals surface area contributed by atoms with Crippen molar-refractivity contribution in [1.82, 2.24) is 9.80 Å². The first-order chi connectivity index (χ1) is 12.4. The zero-order chi connectivity index (χ0) is 18.7. The predicted molar refractivity (Wildman–Crippen MR) is 102 cm³/mol. The van der Waals surface area contributed by atoms with E-state index in [0.717, 1.165) is 6.42 Å². The summed E-state index contributed by atoms with van der Waals surface area (Å²) in [6, 6.07) is 15.9. The van der Waals surface area contributed by atoms with Crippen LogP contribution in [0.1, 0.15) is 22.3 Å². The Labute approximate surface area is 155 Å². The number of hydrogen-bond acceptors (Lipinski definition) is 4. The first-order valence-corrected chi connectivity index (χ1v) is 10.3. The zero-order valence-corrected chi connectivity index (χ0v) is 15.9. The summed E-state index contributed by atoms with van der Waals surface area (Å²) in [6.07, 6.45) is 0.900. The lowest BCUT2D eigenvalue weighted by molar-refractivity contribution is 0.0779. The number of likely N-dealkylation sites (N-methyl/N-ethyl adjacent to an activating group) is 1. The Morgan fingerprint density at radius 1 is 1.08 bits per heavy atom. The number of amides is 1. The quantitative estimate of drug-likeness (QED) is 0.809. The van der Waals surface area contributed by atoms with E-state index >= 15 is 0 Å². The molecule has 1 saturated heterocycles. The maximum atomic E-state index is 13.0. The van der Waals surface area contributed by atoms with Gasteiger partial charge in [0.25, 0.3) is 5.91 Å². The molecule has 1 heterocycles. The zero-order valence-electron chi connectivity index (χ0n) is 15.1. The van der Waals surface area contributed by atoms with Gasteiger partial charge in [-0.1, -0.05) is 42.5 Å². The molecule has 2 aromatic rings. The summed E-state index contributed by atoms with van der Waals surface area (Å²) in [5.41, 5.74) is 0.978. The lowest BCUT2D eigenvalue weighted by Gasteiger charge is -2.21. The lowest BCUT2D eigenvalue weighted by Crippen LogP contribution is -2.35. The highest BCUT2D eigenvalue weighted by molar-refractivity contribution is 7.90. The summed E-state index contributed by atoms with van der Waals surface area (Å²) >= 11 is 0. The van der Waals surface area contributed by atoms with Crippen LogP contribution in [0, 0.1) is 0 Å². The number of sulfone groups is 1. The van der Waals surface area contributed by atoms with Crippen LogP contribution in [0.4, 0.5) is 0 Å². The molecule has 5 nitrogen and oxygen atoms in total. The second-order valence-corrected chi connectivity index (χ2v) is 8.86. The van der Waals surface area contributed by atoms with E-state index in [0.29, 0.717) is 24.7 Å². The highest BCUT2D eigenvalue weighted by atomic mass is 32.2. The number of carbonyl (C=O) groups is 1. The Morgan fingerprint density at radius 2 is 1.73 bits per heavy atom. The van der Waals surface area contributed by atoms with E-state index in [9.17, 15) is 13.2 Å². The van der Waals surface area contributed by atoms with Crippen LogP contribution in [-0.2, 0) is 15.6 Å². The molecule has 0 aliphatic carbocycles. The average Bonchev–Trinajstić information content (AvgIpc) is 3.12. The van der Waals surface area contributed by atoms with E-state index < -0.39 is 9.84 Å². The highest BCUT2D eigenvalue weighted by Gasteiger charge is 2.31. The molecule has 1 atom stereocenters. The Hall–Kier alpha value is -2.18. The van der Waals surface area contributed by atoms with Crippen LogP contribution < -0.4 is 0 Å². The van der Waals surface area contributed by atoms with Gasteiger partial charge in [-0.3, -0.25) is 4.79 Å². The third-order valence-corrected chi connectivity index (χ3v) is 6.57. The van der Waals surface area contributed by atoms with Crippen molar-refractivity contribution in [3.8, 4) is 0 Å². The van der Waals surface area contributed by atoms with Crippen molar-refractivity contribution in [3.63, 3.8) is 0 Å². The van der Waals surface area contributed by atoms with Crippen molar-refractivity contribution in [1.29, 1.82) is 0 Å². The molecule has 26 heavy (non-hydrogen) atoms. The molecule has 0 spiro atoms. The van der Waals surface area contributed by atoms with Gasteiger partial charge in [-0.15, -0.1) is 0 Å². The molecule has 1 aliphatic rings. The molecule has 6 heteroatoms. The van der Waals surface area contributed by atoms with Crippen LogP contribution in [0.3, 0.4) is 0 Å². The molecule has 0 aromatic heterocycles. The molecular weight excluding hydrogens is 348 g/mol. The fourth-order valence-corrected chi connectivity index (χ4v) is 4.87. The molecule has 3 rings (SSSR count). The van der Waals surface area contributed by atoms with Gasteiger partial charge in [-0.25, -0.2) is 8.42 Å². The molecule has 2 aromatic carbocycles. The SMILES string of the molecule is CN(C)[C@H]1CCN(C(=O)c2ccccc2S(=O)(=O)Cc2ccccc2)C1. The minimum absolute atomic E-state index is 0.113. The van der Waals surface area contributed by atoms with Crippen molar-refractivity contribution in [3.05, 3.63) is 65.7 Å². The summed E-state index contributed by atoms with van der Waals surface area (Å²) in [6.45, 7) is 1.27. The minimum atomic E-state index is -3.61. The molecule has 0 unspecified atom stereocenters. The van der Waals surface area contributed by atoms with Gasteiger partial charge < -0.3 is 9.80 Å². The molecule has 138 valence electrons. The molecule has 0 saturated carbocycles. The summed E-state index contributed by atoms with van der Waals surface area (Å²) in [4.78, 5) is 16.9. The van der Waals surface area contributed by atoms with Crippen molar-refractivity contribution < 1.29 is 13.2 Å². The van der Waals surface area contributed by atoms with Crippen molar-refractivity contribution in [2.45, 2.75) is 23.1 Å². The number of rotatable bonds is 5. The van der Waals surface area contributed by atoms with Gasteiger partial charge in [0.1, 0.15) is 0 Å². The summed E-state index contributed by atoms with van der Waals surface area (Å²) in [7, 11) is 0.388. The number of benzene rings is 2. The monoisotopic (exact) mass is 372 g/mol. The van der Waals surface area contributed by atoms with Crippen molar-refractivity contribution in [2.24, 2.45) is 0 Å². The number of carbonyl (C=O) groups excluding carboxylic acids is 1. The largest absolute Gasteiger partial charge is 0.337 e. The summed E-state index contributed by atoms with van der Waals surface area (Å²) < 4.78 is 25.9. The number of likely N-dealkylation sites (tertiary alicyclic amines) is 1. The van der Waals surface area contributed by atoms with E-state index in [4.69, 9.17) is 0 Å². The van der Waals surface area contributed by atoms with Crippen LogP contribution in [0.5, 0.6) is 0 Å². The number of nitrogens with zero attached hydrogens (tertiary/aromatic N) is 2. The third-order valence-electron chi connectivity index (χ3n) is 4.83. The Kier molecular flexibility index (Phi) is 5.44. The second-order valence-electron chi connectivity index (χ2n) is 6.90. The van der Waals surface area contributed by atoms with E-state index in [1.54, 1.807) is 35.2 Å². The molecule has 0 N–H and O–H groups in total. The maximum absolute atomic E-state index is 13.0. The topological polar surface area (TPSA) is 57.7 Å². The Morgan fingerprint density at radius 3 is 2.38 bits per heavy atom. The van der Waals surface area contributed by atoms with E-state index in [1.807, 2.05) is 32.3 Å². The first kappa shape index (κ1) is 18.6. The molecule has 1 amide bonds. The van der Waals surface area contributed by atoms with Crippen LogP contribution in [-0.4, -0.2) is 57.4 Å². The van der Waals surface area contributed by atoms with Gasteiger partial charge in [-0.2, -0.15) is 0 Å². The Bertz CT molecular complexity index is 879. The highest BCUT2D eigenvalue weighted by Crippen LogP contribution is 2.24. The van der Waals surface area contributed by atoms with Crippen LogP contribution in [0.2, 0.25) is 0 Å². The van der Waals surface area contributed by atoms with Gasteiger partial charge in [0.05, 0.1) is 16.2 Å². The van der Waals surface area contributed by atoms with Gasteiger partial charge >= 0.3 is 0 Å². The molecule has 1 fully saturated rings. The van der Waals surface area contributed by atoms with Gasteiger partial charge in [-0.05, 0) is 38.2 Å². The fourth-order valence-electron chi connectivity index (χ4n) is 3.30. The van der Waals surface area contributed by atoms with Crippen molar-refractivity contribution in [2.75, 3.05) is 27.2 Å². The molecular formula is C20H24N2O3S. The third kappa shape index (κ3) is 3.97. The maximum Gasteiger partial charge on any atom is 0.255 e. The van der Waals surface area contributed by atoms with E-state index in [-0.39, 0.29) is 22.1 Å². The van der Waals surface area contributed by atoms with Crippen LogP contribution >= 0.6 is 0 Å². The number of hydrogen-bond donors (Lipinski definition) is 0. The van der Waals surface area contributed by atoms with Gasteiger partial charge in [0.2, 0.25) is 0 Å². The van der Waals surface area contributed by atoms with Gasteiger partial charge in [0, 0.05) is 19.1 Å². The predicted octanol–water partition coefficient (Wildman–Crippen LogP) is 2.44. The first-order valence-electron chi connectivity index (χ1n) is 8.70. The molecule has 1 aliphatic heterocycles. The van der Waals surface area contributed by atoms with Crippen molar-refractivity contribution >= 4 is 15.7 Å². The second kappa shape index (κ2) is 7.60. The van der Waals surface area contributed by atoms with Crippen LogP contribution in [0.25, 0.3) is 0 Å². The minimum Gasteiger partial charge on any atom is -0.337 e. The molecule has 0 radical (unpaired) electrons.